The Balaban J connectivity index is 1.98. The van der Waals surface area contributed by atoms with Gasteiger partial charge in [0.05, 0.1) is 0 Å². The van der Waals surface area contributed by atoms with Gasteiger partial charge in [0.2, 0.25) is 0 Å². The van der Waals surface area contributed by atoms with Crippen LogP contribution in [-0.4, -0.2) is 30.1 Å². The molecule has 9 heteroatoms. The van der Waals surface area contributed by atoms with E-state index in [0.717, 1.165) is 18.2 Å². The molecule has 0 saturated carbocycles. The van der Waals surface area contributed by atoms with E-state index in [4.69, 9.17) is 4.74 Å². The van der Waals surface area contributed by atoms with Crippen LogP contribution in [0.25, 0.3) is 0 Å². The normalized spacial score (nSPS) is 12.6. The van der Waals surface area contributed by atoms with Crippen LogP contribution < -0.4 is 16.0 Å². The number of halogens is 2. The van der Waals surface area contributed by atoms with Crippen LogP contribution in [0.5, 0.6) is 0 Å². The summed E-state index contributed by atoms with van der Waals surface area (Å²) in [5.74, 6) is -4.03. The van der Waals surface area contributed by atoms with Gasteiger partial charge in [0.15, 0.2) is 6.10 Å². The summed E-state index contributed by atoms with van der Waals surface area (Å²) in [6, 6.07) is 10.1. The molecule has 0 aliphatic heterocycles. The Bertz CT molecular complexity index is 886. The van der Waals surface area contributed by atoms with E-state index in [0.29, 0.717) is 5.69 Å². The van der Waals surface area contributed by atoms with Crippen LogP contribution in [0, 0.1) is 17.6 Å². The topological polar surface area (TPSA) is 96.5 Å². The quantitative estimate of drug-likeness (QED) is 0.597. The fraction of sp³-hybridized carbons (Fsp3) is 0.286. The Morgan fingerprint density at radius 1 is 0.867 bits per heavy atom. The van der Waals surface area contributed by atoms with E-state index in [-0.39, 0.29) is 5.92 Å². The van der Waals surface area contributed by atoms with Crippen LogP contribution in [0.1, 0.15) is 20.8 Å². The molecule has 0 unspecified atom stereocenters. The number of carbonyl (C=O) groups is 3. The molecule has 2 atom stereocenters. The van der Waals surface area contributed by atoms with Gasteiger partial charge in [0, 0.05) is 5.69 Å². The molecule has 7 nitrogen and oxygen atoms in total. The number of benzene rings is 2. The minimum absolute atomic E-state index is 0.349. The summed E-state index contributed by atoms with van der Waals surface area (Å²) >= 11 is 0. The summed E-state index contributed by atoms with van der Waals surface area (Å²) < 4.78 is 32.5. The average Bonchev–Trinajstić information content (AvgIpc) is 2.69. The monoisotopic (exact) mass is 419 g/mol. The second-order valence-electron chi connectivity index (χ2n) is 6.85. The Morgan fingerprint density at radius 3 is 2.03 bits per heavy atom. The molecular weight excluding hydrogens is 396 g/mol. The van der Waals surface area contributed by atoms with Crippen LogP contribution in [0.4, 0.5) is 25.0 Å². The smallest absolute Gasteiger partial charge is 0.329 e. The third kappa shape index (κ3) is 6.26. The molecule has 2 aromatic carbocycles. The first-order chi connectivity index (χ1) is 14.2. The van der Waals surface area contributed by atoms with Gasteiger partial charge in [-0.05, 0) is 37.1 Å². The molecule has 0 aliphatic carbocycles. The van der Waals surface area contributed by atoms with E-state index in [1.807, 2.05) is 0 Å². The maximum absolute atomic E-state index is 13.7. The lowest BCUT2D eigenvalue weighted by molar-refractivity contribution is -0.156. The van der Waals surface area contributed by atoms with Gasteiger partial charge in [-0.3, -0.25) is 4.79 Å². The molecule has 30 heavy (non-hydrogen) atoms. The van der Waals surface area contributed by atoms with Crippen molar-refractivity contribution in [3.05, 3.63) is 60.2 Å². The van der Waals surface area contributed by atoms with Gasteiger partial charge in [0.25, 0.3) is 5.91 Å². The summed E-state index contributed by atoms with van der Waals surface area (Å²) in [5.41, 5.74) is -0.100. The number of esters is 1. The van der Waals surface area contributed by atoms with Crippen molar-refractivity contribution in [2.45, 2.75) is 32.9 Å². The second kappa shape index (κ2) is 10.3. The zero-order chi connectivity index (χ0) is 22.3. The first kappa shape index (κ1) is 22.8. The van der Waals surface area contributed by atoms with Gasteiger partial charge in [-0.1, -0.05) is 38.1 Å². The Morgan fingerprint density at radius 2 is 1.47 bits per heavy atom. The fourth-order valence-corrected chi connectivity index (χ4v) is 2.47. The zero-order valence-corrected chi connectivity index (χ0v) is 16.7. The molecule has 3 amide bonds. The average molecular weight is 419 g/mol. The van der Waals surface area contributed by atoms with Gasteiger partial charge in [-0.15, -0.1) is 0 Å². The zero-order valence-electron chi connectivity index (χ0n) is 16.7. The van der Waals surface area contributed by atoms with Crippen molar-refractivity contribution < 1.29 is 27.9 Å². The molecule has 0 aromatic heterocycles. The molecule has 0 spiro atoms. The molecule has 2 rings (SSSR count). The van der Waals surface area contributed by atoms with Crippen LogP contribution in [0.3, 0.4) is 0 Å². The van der Waals surface area contributed by atoms with Gasteiger partial charge in [-0.2, -0.15) is 0 Å². The number of ether oxygens (including phenoxy) is 1. The first-order valence-electron chi connectivity index (χ1n) is 9.27. The Hall–Kier alpha value is -3.49. The van der Waals surface area contributed by atoms with Crippen molar-refractivity contribution in [2.24, 2.45) is 5.92 Å². The van der Waals surface area contributed by atoms with Gasteiger partial charge in [0.1, 0.15) is 23.4 Å². The largest absolute Gasteiger partial charge is 0.451 e. The summed E-state index contributed by atoms with van der Waals surface area (Å²) in [4.78, 5) is 36.8. The van der Waals surface area contributed by atoms with Gasteiger partial charge >= 0.3 is 12.0 Å². The molecule has 3 N–H and O–H groups in total. The van der Waals surface area contributed by atoms with E-state index in [1.165, 1.54) is 6.92 Å². The highest BCUT2D eigenvalue weighted by Gasteiger charge is 2.29. The lowest BCUT2D eigenvalue weighted by Crippen LogP contribution is -2.48. The summed E-state index contributed by atoms with van der Waals surface area (Å²) in [7, 11) is 0. The van der Waals surface area contributed by atoms with Crippen molar-refractivity contribution in [1.29, 1.82) is 0 Å². The maximum atomic E-state index is 13.7. The fourth-order valence-electron chi connectivity index (χ4n) is 2.47. The van der Waals surface area contributed by atoms with Gasteiger partial charge < -0.3 is 20.7 Å². The molecule has 0 heterocycles. The van der Waals surface area contributed by atoms with E-state index >= 15 is 0 Å². The summed E-state index contributed by atoms with van der Waals surface area (Å²) in [5, 5.41) is 7.14. The highest BCUT2D eigenvalue weighted by atomic mass is 19.1. The third-order valence-corrected chi connectivity index (χ3v) is 4.11. The van der Waals surface area contributed by atoms with E-state index in [1.54, 1.807) is 44.2 Å². The Kier molecular flexibility index (Phi) is 7.85. The van der Waals surface area contributed by atoms with E-state index in [9.17, 15) is 23.2 Å². The number of carbonyl (C=O) groups excluding carboxylic acids is 3. The van der Waals surface area contributed by atoms with Crippen molar-refractivity contribution in [1.82, 2.24) is 5.32 Å². The molecule has 2 aromatic rings. The van der Waals surface area contributed by atoms with Crippen molar-refractivity contribution in [3.63, 3.8) is 0 Å². The molecule has 0 bridgehead atoms. The van der Waals surface area contributed by atoms with E-state index in [2.05, 4.69) is 16.0 Å². The number of anilines is 2. The predicted molar refractivity (Wildman–Crippen MR) is 108 cm³/mol. The third-order valence-electron chi connectivity index (χ3n) is 4.11. The number of amides is 3. The number of urea groups is 1. The maximum Gasteiger partial charge on any atom is 0.329 e. The van der Waals surface area contributed by atoms with Crippen LogP contribution in [0.2, 0.25) is 0 Å². The number of nitrogens with one attached hydrogen (secondary N) is 3. The predicted octanol–water partition coefficient (Wildman–Crippen LogP) is 3.68. The number of para-hydroxylation sites is 2. The van der Waals surface area contributed by atoms with Crippen molar-refractivity contribution >= 4 is 29.3 Å². The molecule has 0 aliphatic rings. The highest BCUT2D eigenvalue weighted by Crippen LogP contribution is 2.18. The number of hydrogen-bond donors (Lipinski definition) is 3. The van der Waals surface area contributed by atoms with Crippen LogP contribution >= 0.6 is 0 Å². The molecule has 0 radical (unpaired) electrons. The van der Waals surface area contributed by atoms with Crippen LogP contribution in [0.15, 0.2) is 48.5 Å². The van der Waals surface area contributed by atoms with E-state index < -0.39 is 47.4 Å². The lowest BCUT2D eigenvalue weighted by Gasteiger charge is -2.23. The summed E-state index contributed by atoms with van der Waals surface area (Å²) in [6.45, 7) is 4.63. The summed E-state index contributed by atoms with van der Waals surface area (Å²) in [6.07, 6.45) is -1.35. The number of hydrogen-bond acceptors (Lipinski definition) is 4. The second-order valence-corrected chi connectivity index (χ2v) is 6.85. The van der Waals surface area contributed by atoms with Crippen molar-refractivity contribution in [2.75, 3.05) is 10.6 Å². The highest BCUT2D eigenvalue weighted by molar-refractivity contribution is 5.96. The molecular formula is C21H23F2N3O4. The lowest BCUT2D eigenvalue weighted by atomic mass is 10.0. The van der Waals surface area contributed by atoms with Gasteiger partial charge in [-0.25, -0.2) is 18.4 Å². The minimum atomic E-state index is -1.35. The van der Waals surface area contributed by atoms with Crippen LogP contribution in [-0.2, 0) is 14.3 Å². The molecule has 160 valence electrons. The molecule has 0 fully saturated rings. The minimum Gasteiger partial charge on any atom is -0.451 e. The molecule has 0 saturated heterocycles. The van der Waals surface area contributed by atoms with Crippen molar-refractivity contribution in [3.8, 4) is 0 Å². The SMILES string of the molecule is CC(C)[C@@H](NC(=O)Nc1ccccc1)C(=O)O[C@H](C)C(=O)Nc1c(F)cccc1F. The standard InChI is InChI=1S/C21H23F2N3O4/c1-12(2)17(26-21(29)24-14-8-5-4-6-9-14)20(28)30-13(3)19(27)25-18-15(22)10-7-11-16(18)23/h4-13,17H,1-3H3,(H,25,27)(H2,24,26,29)/t13-,17-/m1/s1. The Labute approximate surface area is 172 Å². The number of rotatable bonds is 7. The first-order valence-corrected chi connectivity index (χ1v) is 9.27.